The van der Waals surface area contributed by atoms with Crippen molar-refractivity contribution in [2.24, 2.45) is 10.9 Å². The first kappa shape index (κ1) is 26.8. The second-order valence-corrected chi connectivity index (χ2v) is 10.5. The summed E-state index contributed by atoms with van der Waals surface area (Å²) in [6.07, 6.45) is 2.52. The van der Waals surface area contributed by atoms with Gasteiger partial charge in [0.1, 0.15) is 18.1 Å². The van der Waals surface area contributed by atoms with Crippen molar-refractivity contribution in [1.29, 1.82) is 5.26 Å². The Kier molecular flexibility index (Phi) is 7.89. The Morgan fingerprint density at radius 3 is 2.72 bits per heavy atom. The number of methoxy groups -OCH3 is 1. The molecule has 8 heteroatoms. The first-order valence-electron chi connectivity index (χ1n) is 12.9. The molecule has 0 spiro atoms. The summed E-state index contributed by atoms with van der Waals surface area (Å²) in [5.74, 6) is 1.52. The van der Waals surface area contributed by atoms with Gasteiger partial charge in [-0.3, -0.25) is 9.79 Å². The molecule has 7 nitrogen and oxygen atoms in total. The summed E-state index contributed by atoms with van der Waals surface area (Å²) in [5.41, 5.74) is 3.78. The number of ether oxygens (including phenoxy) is 3. The van der Waals surface area contributed by atoms with Crippen LogP contribution in [0.15, 0.2) is 79.9 Å². The number of carbonyl (C=O) groups is 1. The molecule has 39 heavy (non-hydrogen) atoms. The van der Waals surface area contributed by atoms with Crippen molar-refractivity contribution in [2.75, 3.05) is 13.7 Å². The Bertz CT molecular complexity index is 1490. The molecule has 5 rings (SSSR count). The van der Waals surface area contributed by atoms with Crippen molar-refractivity contribution in [1.82, 2.24) is 0 Å². The summed E-state index contributed by atoms with van der Waals surface area (Å²) >= 11 is 3.68. The van der Waals surface area contributed by atoms with Crippen molar-refractivity contribution in [3.8, 4) is 23.3 Å². The quantitative estimate of drug-likeness (QED) is 0.278. The number of hydrogen-bond donors (Lipinski definition) is 0. The highest BCUT2D eigenvalue weighted by Gasteiger charge is 2.42. The second-order valence-electron chi connectivity index (χ2n) is 9.64. The van der Waals surface area contributed by atoms with Crippen molar-refractivity contribution < 1.29 is 23.4 Å². The topological polar surface area (TPSA) is 94.1 Å². The number of nitriles is 1. The third-order valence-corrected chi connectivity index (χ3v) is 7.77. The van der Waals surface area contributed by atoms with E-state index in [1.54, 1.807) is 13.4 Å². The minimum atomic E-state index is -0.571. The maximum atomic E-state index is 13.6. The number of furan rings is 1. The van der Waals surface area contributed by atoms with Gasteiger partial charge in [0.15, 0.2) is 17.3 Å². The highest BCUT2D eigenvalue weighted by atomic mass is 79.9. The van der Waals surface area contributed by atoms with Crippen LogP contribution >= 0.6 is 15.9 Å². The predicted octanol–water partition coefficient (Wildman–Crippen LogP) is 7.13. The zero-order chi connectivity index (χ0) is 27.5. The molecular weight excluding hydrogens is 560 g/mol. The molecule has 200 valence electrons. The summed E-state index contributed by atoms with van der Waals surface area (Å²) in [6.45, 7) is 4.50. The Hall–Kier alpha value is -3.83. The van der Waals surface area contributed by atoms with E-state index < -0.39 is 11.8 Å². The Balaban J connectivity index is 1.52. The molecule has 2 aliphatic rings. The summed E-state index contributed by atoms with van der Waals surface area (Å²) in [7, 11) is 1.63. The molecule has 1 aliphatic carbocycles. The lowest BCUT2D eigenvalue weighted by Crippen LogP contribution is -2.32. The van der Waals surface area contributed by atoms with Crippen molar-refractivity contribution in [3.05, 3.63) is 87.4 Å². The van der Waals surface area contributed by atoms with Gasteiger partial charge in [-0.05, 0) is 77.3 Å². The summed E-state index contributed by atoms with van der Waals surface area (Å²) < 4.78 is 23.8. The molecule has 1 aliphatic heterocycles. The molecule has 2 heterocycles. The Morgan fingerprint density at radius 1 is 1.15 bits per heavy atom. The van der Waals surface area contributed by atoms with Gasteiger partial charge >= 0.3 is 0 Å². The van der Waals surface area contributed by atoms with Crippen LogP contribution in [0, 0.1) is 17.2 Å². The van der Waals surface area contributed by atoms with Crippen LogP contribution < -0.4 is 14.2 Å². The van der Waals surface area contributed by atoms with Gasteiger partial charge in [-0.15, -0.1) is 0 Å². The van der Waals surface area contributed by atoms with E-state index in [0.717, 1.165) is 28.3 Å². The molecule has 0 amide bonds. The van der Waals surface area contributed by atoms with Gasteiger partial charge in [-0.25, -0.2) is 0 Å². The molecule has 0 bridgehead atoms. The SMILES string of the molecule is CCOc1cc(C2C3=C(CC(c4ccco4)CC3=O)N=C(C)C2C#N)cc(Br)c1OCc1cccc(OC)c1. The number of carbonyl (C=O) groups excluding carboxylic acids is 1. The van der Waals surface area contributed by atoms with Crippen molar-refractivity contribution in [2.45, 2.75) is 45.1 Å². The third kappa shape index (κ3) is 5.37. The van der Waals surface area contributed by atoms with E-state index in [-0.39, 0.29) is 11.7 Å². The van der Waals surface area contributed by atoms with Crippen LogP contribution in [0.3, 0.4) is 0 Å². The molecule has 3 atom stereocenters. The molecule has 0 fully saturated rings. The van der Waals surface area contributed by atoms with E-state index in [0.29, 0.717) is 53.3 Å². The maximum absolute atomic E-state index is 13.6. The van der Waals surface area contributed by atoms with Crippen LogP contribution in [-0.2, 0) is 11.4 Å². The van der Waals surface area contributed by atoms with Gasteiger partial charge < -0.3 is 18.6 Å². The van der Waals surface area contributed by atoms with Gasteiger partial charge in [-0.2, -0.15) is 5.26 Å². The zero-order valence-electron chi connectivity index (χ0n) is 22.1. The normalized spacial score (nSPS) is 20.6. The minimum Gasteiger partial charge on any atom is -0.497 e. The zero-order valence-corrected chi connectivity index (χ0v) is 23.7. The van der Waals surface area contributed by atoms with E-state index >= 15 is 0 Å². The molecule has 2 aromatic carbocycles. The molecule has 0 N–H and O–H groups in total. The number of Topliss-reactive ketones (excluding diaryl/α,β-unsaturated/α-hetero) is 1. The summed E-state index contributed by atoms with van der Waals surface area (Å²) in [4.78, 5) is 18.4. The number of nitrogens with zero attached hydrogens (tertiary/aromatic N) is 2. The summed E-state index contributed by atoms with van der Waals surface area (Å²) in [6, 6.07) is 17.6. The average Bonchev–Trinajstić information content (AvgIpc) is 3.47. The molecule has 1 aromatic heterocycles. The molecule has 0 radical (unpaired) electrons. The fraction of sp³-hybridized carbons (Fsp3) is 0.323. The number of aliphatic imine (C=N–C) groups is 1. The Labute approximate surface area is 236 Å². The van der Waals surface area contributed by atoms with E-state index in [2.05, 4.69) is 22.0 Å². The fourth-order valence-electron chi connectivity index (χ4n) is 5.40. The largest absolute Gasteiger partial charge is 0.497 e. The minimum absolute atomic E-state index is 0.00779. The van der Waals surface area contributed by atoms with Crippen LogP contribution in [0.25, 0.3) is 0 Å². The average molecular weight is 589 g/mol. The van der Waals surface area contributed by atoms with Crippen LogP contribution in [0.2, 0.25) is 0 Å². The lowest BCUT2D eigenvalue weighted by Gasteiger charge is -2.34. The van der Waals surface area contributed by atoms with Crippen LogP contribution in [0.5, 0.6) is 17.2 Å². The molecule has 3 aromatic rings. The predicted molar refractivity (Wildman–Crippen MR) is 150 cm³/mol. The number of hydrogen-bond acceptors (Lipinski definition) is 7. The van der Waals surface area contributed by atoms with E-state index in [1.807, 2.05) is 62.4 Å². The molecule has 0 saturated heterocycles. The van der Waals surface area contributed by atoms with E-state index in [4.69, 9.17) is 23.6 Å². The number of rotatable bonds is 8. The lowest BCUT2D eigenvalue weighted by molar-refractivity contribution is -0.116. The first-order valence-corrected chi connectivity index (χ1v) is 13.7. The van der Waals surface area contributed by atoms with Crippen LogP contribution in [-0.4, -0.2) is 25.2 Å². The molecule has 3 unspecified atom stereocenters. The third-order valence-electron chi connectivity index (χ3n) is 7.18. The van der Waals surface area contributed by atoms with Gasteiger partial charge in [0.05, 0.1) is 36.4 Å². The van der Waals surface area contributed by atoms with Crippen LogP contribution in [0.4, 0.5) is 0 Å². The molecular formula is C31H29BrN2O5. The highest BCUT2D eigenvalue weighted by molar-refractivity contribution is 9.10. The number of allylic oxidation sites excluding steroid dienone is 2. The molecule has 0 saturated carbocycles. The van der Waals surface area contributed by atoms with Crippen molar-refractivity contribution in [3.63, 3.8) is 0 Å². The van der Waals surface area contributed by atoms with Crippen molar-refractivity contribution >= 4 is 27.4 Å². The number of ketones is 1. The van der Waals surface area contributed by atoms with Gasteiger partial charge in [0.25, 0.3) is 0 Å². The Morgan fingerprint density at radius 2 is 2.00 bits per heavy atom. The smallest absolute Gasteiger partial charge is 0.175 e. The second kappa shape index (κ2) is 11.5. The van der Waals surface area contributed by atoms with Crippen LogP contribution in [0.1, 0.15) is 55.4 Å². The van der Waals surface area contributed by atoms with E-state index in [1.165, 1.54) is 0 Å². The monoisotopic (exact) mass is 588 g/mol. The number of halogens is 1. The van der Waals surface area contributed by atoms with E-state index in [9.17, 15) is 10.1 Å². The standard InChI is InChI=1S/C31H29BrN2O5/c1-4-37-28-15-21(12-24(32)31(28)39-17-19-7-5-8-22(11-19)36-3)29-23(16-33)18(2)34-25-13-20(14-26(35)30(25)29)27-9-6-10-38-27/h5-12,15,20,23,29H,4,13-14,17H2,1-3H3. The maximum Gasteiger partial charge on any atom is 0.175 e. The number of benzene rings is 2. The first-order chi connectivity index (χ1) is 18.9. The lowest BCUT2D eigenvalue weighted by atomic mass is 9.70. The summed E-state index contributed by atoms with van der Waals surface area (Å²) in [5, 5.41) is 10.2. The fourth-order valence-corrected chi connectivity index (χ4v) is 5.97. The van der Waals surface area contributed by atoms with Gasteiger partial charge in [0, 0.05) is 41.7 Å². The highest BCUT2D eigenvalue weighted by Crippen LogP contribution is 2.49. The van der Waals surface area contributed by atoms with Gasteiger partial charge in [0.2, 0.25) is 0 Å². The van der Waals surface area contributed by atoms with Gasteiger partial charge in [-0.1, -0.05) is 12.1 Å².